The first-order chi connectivity index (χ1) is 17.4. The zero-order valence-corrected chi connectivity index (χ0v) is 22.0. The van der Waals surface area contributed by atoms with Gasteiger partial charge in [0.05, 0.1) is 0 Å². The van der Waals surface area contributed by atoms with Crippen LogP contribution in [0.25, 0.3) is 0 Å². The van der Waals surface area contributed by atoms with Crippen molar-refractivity contribution in [2.24, 2.45) is 0 Å². The molecule has 0 radical (unpaired) electrons. The summed E-state index contributed by atoms with van der Waals surface area (Å²) in [4.78, 5) is 39.6. The summed E-state index contributed by atoms with van der Waals surface area (Å²) in [5, 5.41) is 6.10. The van der Waals surface area contributed by atoms with Crippen LogP contribution in [-0.4, -0.2) is 34.2 Å². The number of benzene rings is 2. The van der Waals surface area contributed by atoms with Gasteiger partial charge in [0.2, 0.25) is 11.8 Å². The fraction of sp³-hybridized carbons (Fsp3) is 0.414. The Labute approximate surface area is 217 Å². The van der Waals surface area contributed by atoms with E-state index in [1.54, 1.807) is 16.7 Å². The molecule has 0 saturated carbocycles. The van der Waals surface area contributed by atoms with Crippen molar-refractivity contribution < 1.29 is 14.4 Å². The number of rotatable bonds is 11. The second-order valence-electron chi connectivity index (χ2n) is 9.62. The summed E-state index contributed by atoms with van der Waals surface area (Å²) in [5.41, 5.74) is 4.20. The van der Waals surface area contributed by atoms with Crippen molar-refractivity contribution in [3.05, 3.63) is 77.4 Å². The predicted molar refractivity (Wildman–Crippen MR) is 143 cm³/mol. The minimum atomic E-state index is -0.591. The van der Waals surface area contributed by atoms with Crippen LogP contribution in [0.2, 0.25) is 0 Å². The van der Waals surface area contributed by atoms with Crippen LogP contribution in [0.5, 0.6) is 0 Å². The first-order valence-corrected chi connectivity index (χ1v) is 13.7. The van der Waals surface area contributed by atoms with Crippen molar-refractivity contribution in [3.63, 3.8) is 0 Å². The number of hydrogen-bond donors (Lipinski definition) is 2. The summed E-state index contributed by atoms with van der Waals surface area (Å²) in [5.74, 6) is 0.00715. The fourth-order valence-electron chi connectivity index (χ4n) is 5.03. The van der Waals surface area contributed by atoms with E-state index in [1.165, 1.54) is 11.1 Å². The smallest absolute Gasteiger partial charge is 0.255 e. The molecule has 2 heterocycles. The maximum absolute atomic E-state index is 13.0. The first-order valence-electron chi connectivity index (χ1n) is 12.7. The molecule has 2 aromatic rings. The number of piperidine rings is 1. The molecule has 2 aliphatic heterocycles. The Morgan fingerprint density at radius 2 is 1.83 bits per heavy atom. The molecule has 0 aliphatic carbocycles. The second kappa shape index (κ2) is 11.4. The number of thioether (sulfide) groups is 1. The number of carbonyl (C=O) groups excluding carboxylic acids is 3. The number of amides is 3. The molecule has 4 rings (SSSR count). The van der Waals surface area contributed by atoms with Crippen molar-refractivity contribution in [2.45, 2.75) is 81.3 Å². The van der Waals surface area contributed by atoms with E-state index in [0.29, 0.717) is 18.5 Å². The minimum absolute atomic E-state index is 0.100. The first kappa shape index (κ1) is 26.2. The molecule has 2 aliphatic rings. The maximum Gasteiger partial charge on any atom is 0.255 e. The van der Waals surface area contributed by atoms with Gasteiger partial charge in [0.25, 0.3) is 5.91 Å². The van der Waals surface area contributed by atoms with Gasteiger partial charge >= 0.3 is 0 Å². The Balaban J connectivity index is 1.38. The third-order valence-electron chi connectivity index (χ3n) is 7.51. The summed E-state index contributed by atoms with van der Waals surface area (Å²) in [6, 6.07) is 13.9. The zero-order valence-electron chi connectivity index (χ0n) is 21.1. The molecule has 0 bridgehead atoms. The topological polar surface area (TPSA) is 78.5 Å². The summed E-state index contributed by atoms with van der Waals surface area (Å²) in [6.45, 7) is 9.59. The molecule has 6 nitrogen and oxygen atoms in total. The maximum atomic E-state index is 13.0. The molecule has 0 aromatic heterocycles. The number of hydrogen-bond acceptors (Lipinski definition) is 5. The van der Waals surface area contributed by atoms with Crippen LogP contribution >= 0.6 is 11.8 Å². The van der Waals surface area contributed by atoms with Gasteiger partial charge in [-0.15, -0.1) is 18.3 Å². The summed E-state index contributed by atoms with van der Waals surface area (Å²) < 4.78 is 0. The van der Waals surface area contributed by atoms with Gasteiger partial charge in [-0.25, -0.2) is 0 Å². The predicted octanol–water partition coefficient (Wildman–Crippen LogP) is 4.96. The number of nitrogens with one attached hydrogen (secondary N) is 2. The average molecular weight is 506 g/mol. The molecule has 1 saturated heterocycles. The third kappa shape index (κ3) is 5.57. The van der Waals surface area contributed by atoms with E-state index < -0.39 is 6.04 Å². The molecule has 36 heavy (non-hydrogen) atoms. The van der Waals surface area contributed by atoms with Crippen molar-refractivity contribution in [2.75, 3.05) is 0 Å². The van der Waals surface area contributed by atoms with Gasteiger partial charge in [-0.05, 0) is 54.5 Å². The van der Waals surface area contributed by atoms with Crippen LogP contribution in [0.3, 0.4) is 0 Å². The van der Waals surface area contributed by atoms with Gasteiger partial charge in [0.15, 0.2) is 0 Å². The van der Waals surface area contributed by atoms with Crippen LogP contribution in [-0.2, 0) is 28.4 Å². The summed E-state index contributed by atoms with van der Waals surface area (Å²) >= 11 is 1.71. The normalized spacial score (nSPS) is 17.8. The van der Waals surface area contributed by atoms with Crippen LogP contribution in [0, 0.1) is 0 Å². The Morgan fingerprint density at radius 3 is 2.50 bits per heavy atom. The van der Waals surface area contributed by atoms with Crippen molar-refractivity contribution in [3.8, 4) is 0 Å². The summed E-state index contributed by atoms with van der Waals surface area (Å²) in [7, 11) is 0. The Morgan fingerprint density at radius 1 is 1.11 bits per heavy atom. The van der Waals surface area contributed by atoms with Gasteiger partial charge in [-0.2, -0.15) is 0 Å². The van der Waals surface area contributed by atoms with Gasteiger partial charge in [0.1, 0.15) is 6.04 Å². The Hall–Kier alpha value is -2.90. The molecule has 2 aromatic carbocycles. The number of carbonyl (C=O) groups is 3. The zero-order chi connectivity index (χ0) is 25.7. The quantitative estimate of drug-likeness (QED) is 0.256. The lowest BCUT2D eigenvalue weighted by Gasteiger charge is -2.32. The van der Waals surface area contributed by atoms with E-state index in [2.05, 4.69) is 55.3 Å². The Bertz CT molecular complexity index is 1140. The molecule has 3 amide bonds. The van der Waals surface area contributed by atoms with Crippen LogP contribution in [0.1, 0.15) is 73.0 Å². The number of imide groups is 1. The van der Waals surface area contributed by atoms with Crippen molar-refractivity contribution in [1.82, 2.24) is 15.5 Å². The highest BCUT2D eigenvalue weighted by molar-refractivity contribution is 7.98. The molecule has 190 valence electrons. The van der Waals surface area contributed by atoms with Gasteiger partial charge < -0.3 is 10.2 Å². The van der Waals surface area contributed by atoms with E-state index in [0.717, 1.165) is 42.0 Å². The van der Waals surface area contributed by atoms with E-state index in [4.69, 9.17) is 0 Å². The lowest BCUT2D eigenvalue weighted by Crippen LogP contribution is -2.52. The lowest BCUT2D eigenvalue weighted by atomic mass is 9.88. The Kier molecular flexibility index (Phi) is 8.32. The standard InChI is InChI=1S/C29H35N3O3S/c1-4-16-29(5-2,6-3)30-17-20-10-12-21(13-11-20)19-36-25-9-7-8-22-23(25)18-32(28(22)35)24-14-15-26(33)31-27(24)34/h4,7-13,24,30H,1,5-6,14-19H2,2-3H3,(H,31,33,34). The van der Waals surface area contributed by atoms with E-state index >= 15 is 0 Å². The van der Waals surface area contributed by atoms with E-state index in [-0.39, 0.29) is 29.7 Å². The lowest BCUT2D eigenvalue weighted by molar-refractivity contribution is -0.136. The minimum Gasteiger partial charge on any atom is -0.322 e. The molecule has 7 heteroatoms. The molecular weight excluding hydrogens is 470 g/mol. The van der Waals surface area contributed by atoms with Crippen LogP contribution in [0.4, 0.5) is 0 Å². The molecule has 1 fully saturated rings. The molecule has 1 atom stereocenters. The van der Waals surface area contributed by atoms with E-state index in [9.17, 15) is 14.4 Å². The second-order valence-corrected chi connectivity index (χ2v) is 10.6. The van der Waals surface area contributed by atoms with Crippen LogP contribution < -0.4 is 10.6 Å². The average Bonchev–Trinajstić information content (AvgIpc) is 3.22. The molecule has 2 N–H and O–H groups in total. The van der Waals surface area contributed by atoms with Gasteiger partial charge in [0, 0.05) is 41.3 Å². The summed E-state index contributed by atoms with van der Waals surface area (Å²) in [6.07, 6.45) is 5.72. The van der Waals surface area contributed by atoms with Gasteiger partial charge in [-0.3, -0.25) is 19.7 Å². The number of fused-ring (bicyclic) bond motifs is 1. The highest BCUT2D eigenvalue weighted by Gasteiger charge is 2.39. The molecular formula is C29H35N3O3S. The largest absolute Gasteiger partial charge is 0.322 e. The molecule has 1 unspecified atom stereocenters. The highest BCUT2D eigenvalue weighted by atomic mass is 32.2. The van der Waals surface area contributed by atoms with Gasteiger partial charge in [-0.1, -0.05) is 50.3 Å². The monoisotopic (exact) mass is 505 g/mol. The van der Waals surface area contributed by atoms with E-state index in [1.807, 2.05) is 24.3 Å². The number of nitrogens with zero attached hydrogens (tertiary/aromatic N) is 1. The SMILES string of the molecule is C=CCC(CC)(CC)NCc1ccc(CSc2cccc3c2CN(C2CCC(=O)NC2=O)C3=O)cc1. The fourth-order valence-corrected chi connectivity index (χ4v) is 6.07. The highest BCUT2D eigenvalue weighted by Crippen LogP contribution is 2.35. The third-order valence-corrected chi connectivity index (χ3v) is 8.68. The molecule has 0 spiro atoms. The van der Waals surface area contributed by atoms with Crippen LogP contribution in [0.15, 0.2) is 60.0 Å². The van der Waals surface area contributed by atoms with Crippen molar-refractivity contribution >= 4 is 29.5 Å². The van der Waals surface area contributed by atoms with Crippen molar-refractivity contribution in [1.29, 1.82) is 0 Å².